The number of nitrogens with one attached hydrogen (secondary N) is 1. The van der Waals surface area contributed by atoms with Gasteiger partial charge in [-0.25, -0.2) is 28.4 Å². The zero-order valence-corrected chi connectivity index (χ0v) is 18.3. The molecule has 1 fully saturated rings. The van der Waals surface area contributed by atoms with Gasteiger partial charge in [-0.3, -0.25) is 5.32 Å². The first-order valence-electron chi connectivity index (χ1n) is 10.0. The van der Waals surface area contributed by atoms with Gasteiger partial charge in [0.25, 0.3) is 6.55 Å². The molecule has 3 heterocycles. The summed E-state index contributed by atoms with van der Waals surface area (Å²) in [6.45, 7) is -2.49. The molecule has 176 valence electrons. The van der Waals surface area contributed by atoms with Gasteiger partial charge in [0.2, 0.25) is 5.88 Å². The summed E-state index contributed by atoms with van der Waals surface area (Å²) in [5.74, 6) is -1.81. The molecule has 0 unspecified atom stereocenters. The number of carbonyl (C=O) groups is 1. The summed E-state index contributed by atoms with van der Waals surface area (Å²) in [5.41, 5.74) is 0.688. The highest BCUT2D eigenvalue weighted by Crippen LogP contribution is 2.29. The van der Waals surface area contributed by atoms with Crippen LogP contribution in [0.15, 0.2) is 24.5 Å². The van der Waals surface area contributed by atoms with Crippen LogP contribution in [0.2, 0.25) is 0 Å². The van der Waals surface area contributed by atoms with Crippen molar-refractivity contribution in [2.75, 3.05) is 25.5 Å². The number of alkyl halides is 2. The van der Waals surface area contributed by atoms with Crippen molar-refractivity contribution >= 4 is 32.8 Å². The van der Waals surface area contributed by atoms with Gasteiger partial charge in [-0.15, -0.1) is 0 Å². The molecule has 1 aliphatic heterocycles. The number of aromatic nitrogens is 3. The van der Waals surface area contributed by atoms with E-state index in [1.807, 2.05) is 0 Å². The second-order valence-electron chi connectivity index (χ2n) is 7.40. The molecule has 2 amide bonds. The number of piperidine rings is 1. The number of carbonyl (C=O) groups excluding carboxylic acids is 1. The third kappa shape index (κ3) is 5.14. The molecule has 0 atom stereocenters. The summed E-state index contributed by atoms with van der Waals surface area (Å²) < 4.78 is 59.1. The number of rotatable bonds is 6. The number of likely N-dealkylation sites (tertiary alicyclic amines) is 1. The van der Waals surface area contributed by atoms with Crippen LogP contribution >= 0.6 is 11.3 Å². The van der Waals surface area contributed by atoms with Gasteiger partial charge in [0, 0.05) is 25.7 Å². The first-order valence-corrected chi connectivity index (χ1v) is 10.9. The predicted octanol–water partition coefficient (Wildman–Crippen LogP) is 4.09. The van der Waals surface area contributed by atoms with Gasteiger partial charge in [-0.2, -0.15) is 13.8 Å². The van der Waals surface area contributed by atoms with Crippen molar-refractivity contribution in [3.8, 4) is 5.88 Å². The Hall–Kier alpha value is -3.06. The van der Waals surface area contributed by atoms with Crippen molar-refractivity contribution < 1.29 is 27.1 Å². The maximum Gasteiger partial charge on any atom is 0.323 e. The molecule has 1 saturated heterocycles. The molecule has 2 aromatic heterocycles. The highest BCUT2D eigenvalue weighted by atomic mass is 32.1. The molecular formula is C20H20F4N6O2S. The van der Waals surface area contributed by atoms with Gasteiger partial charge in [0.15, 0.2) is 27.1 Å². The lowest BCUT2D eigenvalue weighted by molar-refractivity contribution is -0.0705. The number of amides is 2. The van der Waals surface area contributed by atoms with Gasteiger partial charge >= 0.3 is 6.03 Å². The van der Waals surface area contributed by atoms with Crippen molar-refractivity contribution in [2.24, 2.45) is 0 Å². The van der Waals surface area contributed by atoms with E-state index < -0.39 is 30.3 Å². The lowest BCUT2D eigenvalue weighted by Crippen LogP contribution is -2.49. The molecule has 8 nitrogen and oxygen atoms in total. The van der Waals surface area contributed by atoms with Crippen molar-refractivity contribution in [3.05, 3.63) is 41.7 Å². The number of ether oxygens (including phenoxy) is 1. The van der Waals surface area contributed by atoms with Gasteiger partial charge < -0.3 is 9.64 Å². The fourth-order valence-electron chi connectivity index (χ4n) is 3.71. The Morgan fingerprint density at radius 1 is 1.27 bits per heavy atom. The maximum atomic E-state index is 13.7. The van der Waals surface area contributed by atoms with Gasteiger partial charge in [-0.1, -0.05) is 17.4 Å². The van der Waals surface area contributed by atoms with Crippen LogP contribution in [0, 0.1) is 11.6 Å². The first kappa shape index (κ1) is 23.1. The topological polar surface area (TPSA) is 83.5 Å². The zero-order valence-electron chi connectivity index (χ0n) is 17.5. The lowest BCUT2D eigenvalue weighted by Gasteiger charge is -2.37. The van der Waals surface area contributed by atoms with Crippen molar-refractivity contribution in [1.82, 2.24) is 24.8 Å². The average molecular weight is 484 g/mol. The molecule has 0 aliphatic carbocycles. The minimum absolute atomic E-state index is 0.222. The number of urea groups is 1. The molecule has 33 heavy (non-hydrogen) atoms. The predicted molar refractivity (Wildman–Crippen MR) is 113 cm³/mol. The van der Waals surface area contributed by atoms with Crippen LogP contribution < -0.4 is 10.1 Å². The Morgan fingerprint density at radius 3 is 2.70 bits per heavy atom. The molecule has 13 heteroatoms. The average Bonchev–Trinajstić information content (AvgIpc) is 3.22. The number of fused-ring (bicyclic) bond motifs is 1. The molecule has 3 aromatic rings. The Labute approximate surface area is 190 Å². The zero-order chi connectivity index (χ0) is 23.5. The summed E-state index contributed by atoms with van der Waals surface area (Å²) in [7, 11) is 1.46. The van der Waals surface area contributed by atoms with Crippen molar-refractivity contribution in [2.45, 2.75) is 32.0 Å². The van der Waals surface area contributed by atoms with Gasteiger partial charge in [0.1, 0.15) is 6.33 Å². The SMILES string of the molecule is COc1ncnc2sc(NC(=O)N3CCC(N(Cc4ccc(F)c(F)c4)C(F)F)CC3)nc12. The largest absolute Gasteiger partial charge is 0.479 e. The minimum atomic E-state index is -2.78. The highest BCUT2D eigenvalue weighted by Gasteiger charge is 2.31. The number of hydrogen-bond donors (Lipinski definition) is 1. The minimum Gasteiger partial charge on any atom is -0.479 e. The second kappa shape index (κ2) is 9.83. The van der Waals surface area contributed by atoms with Crippen LogP contribution in [0.25, 0.3) is 10.3 Å². The fourth-order valence-corrected chi connectivity index (χ4v) is 4.50. The third-order valence-electron chi connectivity index (χ3n) is 5.39. The van der Waals surface area contributed by atoms with Crippen LogP contribution in [0.4, 0.5) is 27.5 Å². The van der Waals surface area contributed by atoms with Crippen molar-refractivity contribution in [1.29, 1.82) is 0 Å². The van der Waals surface area contributed by atoms with Gasteiger partial charge in [0.05, 0.1) is 7.11 Å². The highest BCUT2D eigenvalue weighted by molar-refractivity contribution is 7.22. The molecule has 1 aromatic carbocycles. The standard InChI is InChI=1S/C20H20F4N6O2S/c1-32-16-15-17(26-10-25-16)33-19(27-15)28-20(31)29-6-4-12(5-7-29)30(18(23)24)9-11-2-3-13(21)14(22)8-11/h2-3,8,10,12,18H,4-7,9H2,1H3,(H,27,28,31). The summed E-state index contributed by atoms with van der Waals surface area (Å²) in [4.78, 5) is 28.0. The number of anilines is 1. The Bertz CT molecular complexity index is 1140. The number of benzene rings is 1. The lowest BCUT2D eigenvalue weighted by atomic mass is 10.0. The van der Waals surface area contributed by atoms with E-state index in [1.165, 1.54) is 35.7 Å². The molecule has 1 N–H and O–H groups in total. The normalized spacial score (nSPS) is 14.9. The Balaban J connectivity index is 1.36. The fraction of sp³-hybridized carbons (Fsp3) is 0.400. The summed E-state index contributed by atoms with van der Waals surface area (Å²) >= 11 is 1.17. The van der Waals surface area contributed by atoms with Crippen LogP contribution in [0.3, 0.4) is 0 Å². The second-order valence-corrected chi connectivity index (χ2v) is 8.38. The van der Waals surface area contributed by atoms with E-state index in [1.54, 1.807) is 0 Å². The smallest absolute Gasteiger partial charge is 0.323 e. The summed E-state index contributed by atoms with van der Waals surface area (Å²) in [6, 6.07) is 2.22. The monoisotopic (exact) mass is 484 g/mol. The van der Waals surface area contributed by atoms with Crippen LogP contribution in [0.5, 0.6) is 5.88 Å². The van der Waals surface area contributed by atoms with E-state index in [4.69, 9.17) is 4.74 Å². The van der Waals surface area contributed by atoms with E-state index >= 15 is 0 Å². The quantitative estimate of drug-likeness (QED) is 0.419. The molecule has 0 saturated carbocycles. The Kier molecular flexibility index (Phi) is 6.88. The number of thiazole rings is 1. The van der Waals surface area contributed by atoms with E-state index in [2.05, 4.69) is 20.3 Å². The number of halogens is 4. The summed E-state index contributed by atoms with van der Waals surface area (Å²) in [5, 5.41) is 3.03. The van der Waals surface area contributed by atoms with Crippen LogP contribution in [0.1, 0.15) is 18.4 Å². The van der Waals surface area contributed by atoms with E-state index in [-0.39, 0.29) is 25.2 Å². The van der Waals surface area contributed by atoms with Crippen molar-refractivity contribution in [3.63, 3.8) is 0 Å². The number of hydrogen-bond acceptors (Lipinski definition) is 7. The van der Waals surface area contributed by atoms with Gasteiger partial charge in [-0.05, 0) is 30.5 Å². The van der Waals surface area contributed by atoms with E-state index in [0.717, 1.165) is 17.0 Å². The molecule has 0 spiro atoms. The first-order chi connectivity index (χ1) is 15.9. The molecular weight excluding hydrogens is 464 g/mol. The summed E-state index contributed by atoms with van der Waals surface area (Å²) in [6.07, 6.45) is 1.95. The van der Waals surface area contributed by atoms with Crippen LogP contribution in [-0.4, -0.2) is 63.6 Å². The third-order valence-corrected chi connectivity index (χ3v) is 6.27. The number of nitrogens with zero attached hydrogens (tertiary/aromatic N) is 5. The Morgan fingerprint density at radius 2 is 2.03 bits per heavy atom. The molecule has 0 radical (unpaired) electrons. The molecule has 0 bridgehead atoms. The van der Waals surface area contributed by atoms with Crippen LogP contribution in [-0.2, 0) is 6.54 Å². The maximum absolute atomic E-state index is 13.7. The van der Waals surface area contributed by atoms with E-state index in [0.29, 0.717) is 34.2 Å². The molecule has 4 rings (SSSR count). The van der Waals surface area contributed by atoms with E-state index in [9.17, 15) is 22.4 Å². The molecule has 1 aliphatic rings. The number of methoxy groups -OCH3 is 1.